The lowest BCUT2D eigenvalue weighted by Gasteiger charge is -2.37. The van der Waals surface area contributed by atoms with E-state index in [4.69, 9.17) is 0 Å². The minimum Gasteiger partial charge on any atom is -0.368 e. The molecule has 0 bridgehead atoms. The zero-order valence-electron chi connectivity index (χ0n) is 18.1. The van der Waals surface area contributed by atoms with Gasteiger partial charge < -0.3 is 9.80 Å². The van der Waals surface area contributed by atoms with E-state index in [-0.39, 0.29) is 5.25 Å². The molecule has 2 fully saturated rings. The van der Waals surface area contributed by atoms with Gasteiger partial charge in [-0.15, -0.1) is 0 Å². The number of benzene rings is 2. The molecule has 1 N–H and O–H groups in total. The van der Waals surface area contributed by atoms with Crippen LogP contribution in [0, 0.1) is 0 Å². The molecule has 33 heavy (non-hydrogen) atoms. The summed E-state index contributed by atoms with van der Waals surface area (Å²) in [5.74, 6) is 0.926. The van der Waals surface area contributed by atoms with Gasteiger partial charge in [-0.05, 0) is 48.7 Å². The van der Waals surface area contributed by atoms with Crippen LogP contribution in [0.1, 0.15) is 12.8 Å². The fourth-order valence-corrected chi connectivity index (χ4v) is 6.18. The number of aromatic nitrogens is 4. The van der Waals surface area contributed by atoms with Crippen molar-refractivity contribution in [3.8, 4) is 11.1 Å². The highest BCUT2D eigenvalue weighted by Gasteiger charge is 2.37. The van der Waals surface area contributed by atoms with Gasteiger partial charge in [0.2, 0.25) is 0 Å². The highest BCUT2D eigenvalue weighted by atomic mass is 32.2. The van der Waals surface area contributed by atoms with E-state index < -0.39 is 9.84 Å². The van der Waals surface area contributed by atoms with Crippen LogP contribution in [0.5, 0.6) is 0 Å². The molecule has 1 aliphatic carbocycles. The molecule has 1 saturated carbocycles. The molecule has 6 rings (SSSR count). The fraction of sp³-hybridized carbons (Fsp3) is 0.292. The first-order valence-corrected chi connectivity index (χ1v) is 12.7. The Kier molecular flexibility index (Phi) is 4.79. The van der Waals surface area contributed by atoms with Gasteiger partial charge in [0.25, 0.3) is 0 Å². The van der Waals surface area contributed by atoms with Gasteiger partial charge in [0.05, 0.1) is 21.9 Å². The quantitative estimate of drug-likeness (QED) is 0.488. The summed E-state index contributed by atoms with van der Waals surface area (Å²) in [5.41, 5.74) is 3.97. The molecule has 1 aliphatic heterocycles. The lowest BCUT2D eigenvalue weighted by atomic mass is 10.1. The van der Waals surface area contributed by atoms with Gasteiger partial charge in [0.15, 0.2) is 9.84 Å². The second-order valence-electron chi connectivity index (χ2n) is 8.63. The monoisotopic (exact) mass is 460 g/mol. The average molecular weight is 461 g/mol. The van der Waals surface area contributed by atoms with E-state index in [0.29, 0.717) is 4.90 Å². The number of nitrogens with one attached hydrogen (secondary N) is 1. The Bertz CT molecular complexity index is 1410. The third kappa shape index (κ3) is 3.72. The van der Waals surface area contributed by atoms with Gasteiger partial charge in [0.1, 0.15) is 12.1 Å². The number of hydrogen-bond acceptors (Lipinski definition) is 7. The van der Waals surface area contributed by atoms with Gasteiger partial charge in [-0.3, -0.25) is 5.10 Å². The molecule has 3 heterocycles. The highest BCUT2D eigenvalue weighted by molar-refractivity contribution is 7.92. The molecule has 4 aromatic rings. The Balaban J connectivity index is 1.24. The number of anilines is 2. The number of fused-ring (bicyclic) bond motifs is 1. The van der Waals surface area contributed by atoms with Crippen LogP contribution in [0.15, 0.2) is 66.1 Å². The Morgan fingerprint density at radius 2 is 1.73 bits per heavy atom. The van der Waals surface area contributed by atoms with Crippen molar-refractivity contribution in [1.29, 1.82) is 0 Å². The molecule has 0 atom stereocenters. The van der Waals surface area contributed by atoms with Crippen LogP contribution in [0.2, 0.25) is 0 Å². The standard InChI is InChI=1S/C24H24N6O2S/c31-33(32,20-5-6-20)21-3-1-2-19(13-21)29-8-10-30(11-9-29)24-22-12-17(18-14-27-28-15-18)4-7-23(22)25-16-26-24/h1-4,7,12-16,20H,5-6,8-11H2,(H,27,28). The van der Waals surface area contributed by atoms with Gasteiger partial charge in [0, 0.05) is 49.0 Å². The molecule has 0 unspecified atom stereocenters. The summed E-state index contributed by atoms with van der Waals surface area (Å²) < 4.78 is 25.3. The minimum absolute atomic E-state index is 0.192. The first-order chi connectivity index (χ1) is 16.1. The predicted octanol–water partition coefficient (Wildman–Crippen LogP) is 3.28. The van der Waals surface area contributed by atoms with E-state index in [1.165, 1.54) is 0 Å². The topological polar surface area (TPSA) is 95.1 Å². The number of piperazine rings is 1. The Morgan fingerprint density at radius 3 is 2.48 bits per heavy atom. The third-order valence-electron chi connectivity index (χ3n) is 6.50. The lowest BCUT2D eigenvalue weighted by Crippen LogP contribution is -2.47. The summed E-state index contributed by atoms with van der Waals surface area (Å²) in [6.45, 7) is 3.17. The Labute approximate surface area is 192 Å². The maximum atomic E-state index is 12.7. The van der Waals surface area contributed by atoms with Crippen LogP contribution in [-0.2, 0) is 9.84 Å². The molecule has 2 aromatic carbocycles. The summed E-state index contributed by atoms with van der Waals surface area (Å²) in [6, 6.07) is 13.6. The second kappa shape index (κ2) is 7.84. The second-order valence-corrected chi connectivity index (χ2v) is 10.9. The highest BCUT2D eigenvalue weighted by Crippen LogP contribution is 2.35. The average Bonchev–Trinajstić information content (AvgIpc) is 3.59. The molecular formula is C24H24N6O2S. The molecule has 0 amide bonds. The Morgan fingerprint density at radius 1 is 0.909 bits per heavy atom. The smallest absolute Gasteiger partial charge is 0.181 e. The molecule has 0 radical (unpaired) electrons. The van der Waals surface area contributed by atoms with Crippen molar-refractivity contribution in [1.82, 2.24) is 20.2 Å². The van der Waals surface area contributed by atoms with E-state index >= 15 is 0 Å². The summed E-state index contributed by atoms with van der Waals surface area (Å²) in [4.78, 5) is 14.0. The largest absolute Gasteiger partial charge is 0.368 e. The fourth-order valence-electron chi connectivity index (χ4n) is 4.49. The summed E-state index contributed by atoms with van der Waals surface area (Å²) in [6.07, 6.45) is 6.86. The van der Waals surface area contributed by atoms with Crippen molar-refractivity contribution in [3.05, 3.63) is 61.2 Å². The van der Waals surface area contributed by atoms with E-state index in [1.807, 2.05) is 36.5 Å². The third-order valence-corrected chi connectivity index (χ3v) is 8.76. The molecule has 2 aromatic heterocycles. The van der Waals surface area contributed by atoms with Gasteiger partial charge >= 0.3 is 0 Å². The van der Waals surface area contributed by atoms with Crippen molar-refractivity contribution in [2.45, 2.75) is 23.0 Å². The van der Waals surface area contributed by atoms with Gasteiger partial charge in [-0.1, -0.05) is 12.1 Å². The van der Waals surface area contributed by atoms with E-state index in [0.717, 1.165) is 72.6 Å². The van der Waals surface area contributed by atoms with Crippen molar-refractivity contribution in [3.63, 3.8) is 0 Å². The van der Waals surface area contributed by atoms with Gasteiger partial charge in [-0.2, -0.15) is 5.10 Å². The number of sulfone groups is 1. The first-order valence-electron chi connectivity index (χ1n) is 11.2. The molecule has 1 saturated heterocycles. The minimum atomic E-state index is -3.19. The summed E-state index contributed by atoms with van der Waals surface area (Å²) in [7, 11) is -3.19. The van der Waals surface area contributed by atoms with Crippen LogP contribution >= 0.6 is 0 Å². The summed E-state index contributed by atoms with van der Waals surface area (Å²) in [5, 5.41) is 7.74. The molecule has 2 aliphatic rings. The first kappa shape index (κ1) is 20.2. The lowest BCUT2D eigenvalue weighted by molar-refractivity contribution is 0.594. The van der Waals surface area contributed by atoms with Crippen LogP contribution in [0.25, 0.3) is 22.0 Å². The zero-order valence-corrected chi connectivity index (χ0v) is 18.9. The van der Waals surface area contributed by atoms with Crippen molar-refractivity contribution >= 4 is 32.2 Å². The molecule has 168 valence electrons. The van der Waals surface area contributed by atoms with Crippen LogP contribution < -0.4 is 9.80 Å². The number of rotatable bonds is 5. The number of nitrogens with zero attached hydrogens (tertiary/aromatic N) is 5. The maximum Gasteiger partial charge on any atom is 0.181 e. The van der Waals surface area contributed by atoms with Crippen molar-refractivity contribution in [2.24, 2.45) is 0 Å². The number of aromatic amines is 1. The van der Waals surface area contributed by atoms with Gasteiger partial charge in [-0.25, -0.2) is 18.4 Å². The molecular weight excluding hydrogens is 436 g/mol. The van der Waals surface area contributed by atoms with Crippen LogP contribution in [-0.4, -0.2) is 60.0 Å². The zero-order chi connectivity index (χ0) is 22.4. The van der Waals surface area contributed by atoms with Crippen molar-refractivity contribution in [2.75, 3.05) is 36.0 Å². The summed E-state index contributed by atoms with van der Waals surface area (Å²) >= 11 is 0. The van der Waals surface area contributed by atoms with E-state index in [1.54, 1.807) is 18.6 Å². The molecule has 8 nitrogen and oxygen atoms in total. The number of H-pyrrole nitrogens is 1. The Hall–Kier alpha value is -3.46. The predicted molar refractivity (Wildman–Crippen MR) is 128 cm³/mol. The normalized spacial score (nSPS) is 17.0. The maximum absolute atomic E-state index is 12.7. The SMILES string of the molecule is O=S(=O)(c1cccc(N2CCN(c3ncnc4ccc(-c5cn[nH]c5)cc34)CC2)c1)C1CC1. The van der Waals surface area contributed by atoms with Crippen LogP contribution in [0.4, 0.5) is 11.5 Å². The van der Waals surface area contributed by atoms with E-state index in [9.17, 15) is 8.42 Å². The molecule has 0 spiro atoms. The van der Waals surface area contributed by atoms with E-state index in [2.05, 4.69) is 36.0 Å². The number of hydrogen-bond donors (Lipinski definition) is 1. The molecule has 9 heteroatoms. The van der Waals surface area contributed by atoms with Crippen LogP contribution in [0.3, 0.4) is 0 Å². The van der Waals surface area contributed by atoms with Crippen molar-refractivity contribution < 1.29 is 8.42 Å².